The summed E-state index contributed by atoms with van der Waals surface area (Å²) in [5.74, 6) is -0.0397. The van der Waals surface area contributed by atoms with Gasteiger partial charge in [0.1, 0.15) is 0 Å². The number of amides is 1. The van der Waals surface area contributed by atoms with Crippen molar-refractivity contribution in [2.45, 2.75) is 20.3 Å². The van der Waals surface area contributed by atoms with Gasteiger partial charge in [0.2, 0.25) is 0 Å². The summed E-state index contributed by atoms with van der Waals surface area (Å²) in [6.45, 7) is 6.50. The largest absolute Gasteiger partial charge is 0.352 e. The van der Waals surface area contributed by atoms with E-state index in [1.807, 2.05) is 14.0 Å². The lowest BCUT2D eigenvalue weighted by molar-refractivity contribution is 0.0952. The fraction of sp³-hybridized carbons (Fsp3) is 0.636. The molecular weight excluding hydrogens is 204 g/mol. The Kier molecular flexibility index (Phi) is 4.98. The first-order valence-corrected chi connectivity index (χ1v) is 5.64. The van der Waals surface area contributed by atoms with Gasteiger partial charge in [-0.25, -0.2) is 0 Å². The van der Waals surface area contributed by atoms with Crippen LogP contribution in [0.25, 0.3) is 0 Å². The standard InChI is InChI=1S/C11H20N4O/c1-4-12-6-5-7-13-11(16)10-8-15(3)14-9(10)2/h8,12H,4-7H2,1-3H3,(H,13,16). The van der Waals surface area contributed by atoms with E-state index in [-0.39, 0.29) is 5.91 Å². The van der Waals surface area contributed by atoms with Crippen molar-refractivity contribution in [3.63, 3.8) is 0 Å². The second-order valence-corrected chi connectivity index (χ2v) is 3.76. The van der Waals surface area contributed by atoms with Crippen molar-refractivity contribution in [3.05, 3.63) is 17.5 Å². The summed E-state index contributed by atoms with van der Waals surface area (Å²) in [6.07, 6.45) is 2.69. The Balaban J connectivity index is 2.33. The summed E-state index contributed by atoms with van der Waals surface area (Å²) in [5, 5.41) is 10.2. The Morgan fingerprint density at radius 2 is 2.25 bits per heavy atom. The molecule has 0 spiro atoms. The van der Waals surface area contributed by atoms with Crippen molar-refractivity contribution < 1.29 is 4.79 Å². The predicted octanol–water partition coefficient (Wildman–Crippen LogP) is 0.458. The summed E-state index contributed by atoms with van der Waals surface area (Å²) in [4.78, 5) is 11.7. The van der Waals surface area contributed by atoms with E-state index in [0.717, 1.165) is 25.2 Å². The molecular formula is C11H20N4O. The monoisotopic (exact) mass is 224 g/mol. The van der Waals surface area contributed by atoms with Crippen molar-refractivity contribution in [1.29, 1.82) is 0 Å². The first-order chi connectivity index (χ1) is 7.65. The maximum Gasteiger partial charge on any atom is 0.254 e. The van der Waals surface area contributed by atoms with Crippen LogP contribution in [-0.4, -0.2) is 35.3 Å². The first-order valence-electron chi connectivity index (χ1n) is 5.64. The van der Waals surface area contributed by atoms with E-state index in [4.69, 9.17) is 0 Å². The average Bonchev–Trinajstić information content (AvgIpc) is 2.57. The van der Waals surface area contributed by atoms with Crippen LogP contribution >= 0.6 is 0 Å². The zero-order valence-corrected chi connectivity index (χ0v) is 10.2. The Labute approximate surface area is 96.2 Å². The molecule has 0 aliphatic carbocycles. The van der Waals surface area contributed by atoms with E-state index in [0.29, 0.717) is 12.1 Å². The summed E-state index contributed by atoms with van der Waals surface area (Å²) in [6, 6.07) is 0. The quantitative estimate of drug-likeness (QED) is 0.690. The Bertz CT molecular complexity index is 346. The highest BCUT2D eigenvalue weighted by atomic mass is 16.1. The first kappa shape index (κ1) is 12.7. The molecule has 1 rings (SSSR count). The molecule has 0 unspecified atom stereocenters. The van der Waals surface area contributed by atoms with Crippen LogP contribution in [0.1, 0.15) is 29.4 Å². The van der Waals surface area contributed by atoms with Gasteiger partial charge < -0.3 is 10.6 Å². The van der Waals surface area contributed by atoms with E-state index in [2.05, 4.69) is 22.7 Å². The van der Waals surface area contributed by atoms with E-state index < -0.39 is 0 Å². The van der Waals surface area contributed by atoms with Gasteiger partial charge in [-0.1, -0.05) is 6.92 Å². The fourth-order valence-corrected chi connectivity index (χ4v) is 1.51. The van der Waals surface area contributed by atoms with Gasteiger partial charge >= 0.3 is 0 Å². The molecule has 90 valence electrons. The molecule has 0 aromatic carbocycles. The number of nitrogens with zero attached hydrogens (tertiary/aromatic N) is 2. The SMILES string of the molecule is CCNCCCNC(=O)c1cn(C)nc1C. The molecule has 1 aromatic rings. The Morgan fingerprint density at radius 3 is 2.81 bits per heavy atom. The minimum atomic E-state index is -0.0397. The molecule has 16 heavy (non-hydrogen) atoms. The van der Waals surface area contributed by atoms with Gasteiger partial charge in [0.25, 0.3) is 5.91 Å². The van der Waals surface area contributed by atoms with E-state index >= 15 is 0 Å². The zero-order valence-electron chi connectivity index (χ0n) is 10.2. The van der Waals surface area contributed by atoms with Crippen LogP contribution in [0.15, 0.2) is 6.20 Å². The Hall–Kier alpha value is -1.36. The van der Waals surface area contributed by atoms with E-state index in [1.54, 1.807) is 10.9 Å². The molecule has 5 nitrogen and oxygen atoms in total. The molecule has 0 radical (unpaired) electrons. The number of hydrogen-bond acceptors (Lipinski definition) is 3. The van der Waals surface area contributed by atoms with Gasteiger partial charge in [-0.3, -0.25) is 9.48 Å². The predicted molar refractivity (Wildman–Crippen MR) is 63.4 cm³/mol. The van der Waals surface area contributed by atoms with Crippen LogP contribution in [0.2, 0.25) is 0 Å². The normalized spacial score (nSPS) is 10.4. The Morgan fingerprint density at radius 1 is 1.50 bits per heavy atom. The van der Waals surface area contributed by atoms with Crippen molar-refractivity contribution in [3.8, 4) is 0 Å². The van der Waals surface area contributed by atoms with Crippen LogP contribution in [0.4, 0.5) is 0 Å². The molecule has 1 amide bonds. The van der Waals surface area contributed by atoms with Gasteiger partial charge in [0.05, 0.1) is 11.3 Å². The molecule has 0 fully saturated rings. The highest BCUT2D eigenvalue weighted by molar-refractivity contribution is 5.94. The van der Waals surface area contributed by atoms with Crippen molar-refractivity contribution >= 4 is 5.91 Å². The van der Waals surface area contributed by atoms with Crippen LogP contribution in [0, 0.1) is 6.92 Å². The molecule has 0 atom stereocenters. The van der Waals surface area contributed by atoms with Crippen molar-refractivity contribution in [2.24, 2.45) is 7.05 Å². The summed E-state index contributed by atoms with van der Waals surface area (Å²) in [7, 11) is 1.81. The van der Waals surface area contributed by atoms with Gasteiger partial charge in [-0.05, 0) is 26.4 Å². The third-order valence-corrected chi connectivity index (χ3v) is 2.32. The molecule has 0 saturated carbocycles. The summed E-state index contributed by atoms with van der Waals surface area (Å²) >= 11 is 0. The summed E-state index contributed by atoms with van der Waals surface area (Å²) in [5.41, 5.74) is 1.43. The van der Waals surface area contributed by atoms with Crippen molar-refractivity contribution in [2.75, 3.05) is 19.6 Å². The van der Waals surface area contributed by atoms with Crippen LogP contribution < -0.4 is 10.6 Å². The molecule has 0 saturated heterocycles. The second kappa shape index (κ2) is 6.27. The van der Waals surface area contributed by atoms with E-state index in [1.165, 1.54) is 0 Å². The number of carbonyl (C=O) groups excluding carboxylic acids is 1. The number of rotatable bonds is 6. The van der Waals surface area contributed by atoms with Gasteiger partial charge in [0, 0.05) is 19.8 Å². The number of aryl methyl sites for hydroxylation is 2. The minimum absolute atomic E-state index is 0.0397. The maximum absolute atomic E-state index is 11.7. The highest BCUT2D eigenvalue weighted by Crippen LogP contribution is 2.03. The minimum Gasteiger partial charge on any atom is -0.352 e. The molecule has 2 N–H and O–H groups in total. The number of aromatic nitrogens is 2. The number of carbonyl (C=O) groups is 1. The fourth-order valence-electron chi connectivity index (χ4n) is 1.51. The molecule has 0 aliphatic rings. The van der Waals surface area contributed by atoms with E-state index in [9.17, 15) is 4.79 Å². The van der Waals surface area contributed by atoms with Gasteiger partial charge in [0.15, 0.2) is 0 Å². The zero-order chi connectivity index (χ0) is 12.0. The molecule has 1 aromatic heterocycles. The van der Waals surface area contributed by atoms with Gasteiger partial charge in [-0.15, -0.1) is 0 Å². The second-order valence-electron chi connectivity index (χ2n) is 3.76. The molecule has 0 aliphatic heterocycles. The van der Waals surface area contributed by atoms with Crippen molar-refractivity contribution in [1.82, 2.24) is 20.4 Å². The smallest absolute Gasteiger partial charge is 0.254 e. The molecule has 1 heterocycles. The maximum atomic E-state index is 11.7. The average molecular weight is 224 g/mol. The molecule has 0 bridgehead atoms. The third-order valence-electron chi connectivity index (χ3n) is 2.32. The highest BCUT2D eigenvalue weighted by Gasteiger charge is 2.11. The lowest BCUT2D eigenvalue weighted by Crippen LogP contribution is -2.27. The number of nitrogens with one attached hydrogen (secondary N) is 2. The van der Waals surface area contributed by atoms with Crippen LogP contribution in [-0.2, 0) is 7.05 Å². The summed E-state index contributed by atoms with van der Waals surface area (Å²) < 4.78 is 1.66. The van der Waals surface area contributed by atoms with Gasteiger partial charge in [-0.2, -0.15) is 5.10 Å². The molecule has 5 heteroatoms. The van der Waals surface area contributed by atoms with Crippen LogP contribution in [0.5, 0.6) is 0 Å². The number of hydrogen-bond donors (Lipinski definition) is 2. The lowest BCUT2D eigenvalue weighted by Gasteiger charge is -2.04. The third kappa shape index (κ3) is 3.66. The van der Waals surface area contributed by atoms with Crippen LogP contribution in [0.3, 0.4) is 0 Å². The topological polar surface area (TPSA) is 58.9 Å². The lowest BCUT2D eigenvalue weighted by atomic mass is 10.2.